The normalized spacial score (nSPS) is 11.3. The fraction of sp³-hybridized carbons (Fsp3) is 0.0857. The van der Waals surface area contributed by atoms with Crippen LogP contribution in [0.2, 0.25) is 0 Å². The third-order valence-electron chi connectivity index (χ3n) is 6.82. The van der Waals surface area contributed by atoms with Gasteiger partial charge in [-0.25, -0.2) is 30.7 Å². The van der Waals surface area contributed by atoms with Crippen LogP contribution >= 0.6 is 0 Å². The van der Waals surface area contributed by atoms with Crippen LogP contribution in [0.15, 0.2) is 78.9 Å². The first kappa shape index (κ1) is 31.3. The molecule has 0 amide bonds. The predicted molar refractivity (Wildman–Crippen MR) is 150 cm³/mol. The lowest BCUT2D eigenvalue weighted by Crippen LogP contribution is -2.25. The van der Waals surface area contributed by atoms with Crippen LogP contribution in [0.4, 0.5) is 39.5 Å². The highest BCUT2D eigenvalue weighted by atomic mass is 19.3. The van der Waals surface area contributed by atoms with Crippen LogP contribution in [0, 0.1) is 66.4 Å². The molecule has 5 rings (SSSR count). The minimum atomic E-state index is -4.53. The number of benzene rings is 5. The molecule has 5 aromatic rings. The number of hydrogen-bond donors (Lipinski definition) is 0. The van der Waals surface area contributed by atoms with Gasteiger partial charge in [-0.3, -0.25) is 0 Å². The SMILES string of the molecule is Cc1ccc(-c2cc(F)c(C(F)(F)Oc3ccc(-c4cc(C)c(C#Cc5cc(F)c(F)c(F)c5)c(F)c4)c(F)c3)c(F)c2)cc1. The summed E-state index contributed by atoms with van der Waals surface area (Å²) in [6.07, 6.45) is -4.53. The molecule has 228 valence electrons. The first-order valence-electron chi connectivity index (χ1n) is 13.1. The van der Waals surface area contributed by atoms with E-state index in [1.165, 1.54) is 13.0 Å². The zero-order valence-corrected chi connectivity index (χ0v) is 23.3. The Hall–Kier alpha value is -5.17. The summed E-state index contributed by atoms with van der Waals surface area (Å²) in [5.41, 5.74) is -0.859. The summed E-state index contributed by atoms with van der Waals surface area (Å²) in [6, 6.07) is 14.0. The molecule has 0 saturated carbocycles. The van der Waals surface area contributed by atoms with Gasteiger partial charge in [0.25, 0.3) is 0 Å². The maximum Gasteiger partial charge on any atom is 0.432 e. The molecule has 5 aromatic carbocycles. The maximum absolute atomic E-state index is 15.1. The molecule has 0 bridgehead atoms. The van der Waals surface area contributed by atoms with Crippen LogP contribution in [0.25, 0.3) is 22.3 Å². The highest BCUT2D eigenvalue weighted by molar-refractivity contribution is 5.68. The maximum atomic E-state index is 15.1. The van der Waals surface area contributed by atoms with Gasteiger partial charge in [-0.1, -0.05) is 41.7 Å². The largest absolute Gasteiger partial charge is 0.432 e. The Morgan fingerprint density at radius 2 is 1.16 bits per heavy atom. The lowest BCUT2D eigenvalue weighted by molar-refractivity contribution is -0.189. The minimum absolute atomic E-state index is 0.0194. The molecule has 0 aliphatic rings. The van der Waals surface area contributed by atoms with Crippen molar-refractivity contribution in [2.45, 2.75) is 20.0 Å². The van der Waals surface area contributed by atoms with Crippen molar-refractivity contribution in [3.8, 4) is 39.8 Å². The van der Waals surface area contributed by atoms with Gasteiger partial charge < -0.3 is 4.74 Å². The second-order valence-electron chi connectivity index (χ2n) is 10.1. The molecule has 0 aliphatic heterocycles. The molecule has 0 aliphatic carbocycles. The lowest BCUT2D eigenvalue weighted by atomic mass is 9.98. The van der Waals surface area contributed by atoms with Gasteiger partial charge in [-0.2, -0.15) is 8.78 Å². The monoisotopic (exact) mass is 626 g/mol. The molecular weight excluding hydrogens is 607 g/mol. The molecular formula is C35H19F9O. The molecule has 0 fully saturated rings. The van der Waals surface area contributed by atoms with E-state index in [0.717, 1.165) is 35.9 Å². The molecule has 0 atom stereocenters. The summed E-state index contributed by atoms with van der Waals surface area (Å²) in [5.74, 6) is -5.86. The Balaban J connectivity index is 1.39. The Labute approximate surface area is 251 Å². The fourth-order valence-electron chi connectivity index (χ4n) is 4.58. The smallest absolute Gasteiger partial charge is 0.429 e. The Morgan fingerprint density at radius 1 is 0.556 bits per heavy atom. The molecule has 10 heteroatoms. The van der Waals surface area contributed by atoms with Gasteiger partial charge in [0.2, 0.25) is 0 Å². The number of aryl methyl sites for hydroxylation is 2. The van der Waals surface area contributed by atoms with Gasteiger partial charge in [0.05, 0.1) is 5.56 Å². The Bertz CT molecular complexity index is 1940. The number of ether oxygens (including phenoxy) is 1. The molecule has 45 heavy (non-hydrogen) atoms. The minimum Gasteiger partial charge on any atom is -0.429 e. The van der Waals surface area contributed by atoms with E-state index in [9.17, 15) is 35.1 Å². The van der Waals surface area contributed by atoms with E-state index in [-0.39, 0.29) is 33.4 Å². The van der Waals surface area contributed by atoms with Crippen molar-refractivity contribution < 1.29 is 44.3 Å². The summed E-state index contributed by atoms with van der Waals surface area (Å²) in [4.78, 5) is 0. The predicted octanol–water partition coefficient (Wildman–Crippen LogP) is 10.1. The summed E-state index contributed by atoms with van der Waals surface area (Å²) in [5, 5.41) is 0. The van der Waals surface area contributed by atoms with Crippen molar-refractivity contribution in [1.82, 2.24) is 0 Å². The number of rotatable bonds is 5. The van der Waals surface area contributed by atoms with Gasteiger partial charge in [0.1, 0.15) is 34.6 Å². The van der Waals surface area contributed by atoms with E-state index in [4.69, 9.17) is 0 Å². The van der Waals surface area contributed by atoms with Gasteiger partial charge in [0.15, 0.2) is 17.5 Å². The van der Waals surface area contributed by atoms with Crippen molar-refractivity contribution >= 4 is 0 Å². The second-order valence-corrected chi connectivity index (χ2v) is 10.1. The zero-order chi connectivity index (χ0) is 32.6. The first-order chi connectivity index (χ1) is 21.2. The van der Waals surface area contributed by atoms with Crippen LogP contribution in [-0.2, 0) is 6.11 Å². The first-order valence-corrected chi connectivity index (χ1v) is 13.1. The van der Waals surface area contributed by atoms with Gasteiger partial charge in [0, 0.05) is 17.2 Å². The zero-order valence-electron chi connectivity index (χ0n) is 23.3. The molecule has 0 N–H and O–H groups in total. The van der Waals surface area contributed by atoms with Crippen LogP contribution < -0.4 is 4.74 Å². The van der Waals surface area contributed by atoms with Crippen molar-refractivity contribution in [2.75, 3.05) is 0 Å². The van der Waals surface area contributed by atoms with Crippen molar-refractivity contribution in [3.05, 3.63) is 147 Å². The van der Waals surface area contributed by atoms with Crippen LogP contribution in [0.1, 0.15) is 27.8 Å². The summed E-state index contributed by atoms with van der Waals surface area (Å²) < 4.78 is 134. The topological polar surface area (TPSA) is 9.23 Å². The van der Waals surface area contributed by atoms with Crippen LogP contribution in [0.3, 0.4) is 0 Å². The van der Waals surface area contributed by atoms with Crippen molar-refractivity contribution in [3.63, 3.8) is 0 Å². The average Bonchev–Trinajstić information content (AvgIpc) is 2.95. The molecule has 0 unspecified atom stereocenters. The highest BCUT2D eigenvalue weighted by Gasteiger charge is 2.41. The number of halogens is 9. The Kier molecular flexibility index (Phi) is 8.39. The van der Waals surface area contributed by atoms with Crippen LogP contribution in [-0.4, -0.2) is 0 Å². The summed E-state index contributed by atoms with van der Waals surface area (Å²) in [7, 11) is 0. The van der Waals surface area contributed by atoms with Gasteiger partial charge in [-0.05, 0) is 84.6 Å². The lowest BCUT2D eigenvalue weighted by Gasteiger charge is -2.20. The third kappa shape index (κ3) is 6.53. The fourth-order valence-corrected chi connectivity index (χ4v) is 4.58. The van der Waals surface area contributed by atoms with Crippen molar-refractivity contribution in [1.29, 1.82) is 0 Å². The highest BCUT2D eigenvalue weighted by Crippen LogP contribution is 2.38. The van der Waals surface area contributed by atoms with E-state index < -0.39 is 58.1 Å². The molecule has 0 heterocycles. The van der Waals surface area contributed by atoms with E-state index in [2.05, 4.69) is 16.6 Å². The molecule has 0 aromatic heterocycles. The summed E-state index contributed by atoms with van der Waals surface area (Å²) in [6.45, 7) is 3.23. The standard InChI is InChI=1S/C35H19F9O/c1-18-3-6-21(7-4-18)22-14-29(38)33(30(39)15-22)35(43,44)45-24-8-10-26(28(37)17-24)23-11-19(2)25(27(36)16-23)9-5-20-12-31(40)34(42)32(41)13-20/h3-4,6-8,10-17H,1-2H3. The molecule has 0 saturated heterocycles. The van der Waals surface area contributed by atoms with E-state index >= 15 is 4.39 Å². The van der Waals surface area contributed by atoms with E-state index in [1.807, 2.05) is 0 Å². The van der Waals surface area contributed by atoms with Gasteiger partial charge in [-0.15, -0.1) is 0 Å². The number of alkyl halides is 2. The van der Waals surface area contributed by atoms with Gasteiger partial charge >= 0.3 is 6.11 Å². The molecule has 0 radical (unpaired) electrons. The van der Waals surface area contributed by atoms with Crippen molar-refractivity contribution in [2.24, 2.45) is 0 Å². The van der Waals surface area contributed by atoms with E-state index in [1.54, 1.807) is 31.2 Å². The Morgan fingerprint density at radius 3 is 1.73 bits per heavy atom. The summed E-state index contributed by atoms with van der Waals surface area (Å²) >= 11 is 0. The quantitative estimate of drug-likeness (QED) is 0.107. The second kappa shape index (κ2) is 12.1. The average molecular weight is 627 g/mol. The molecule has 0 spiro atoms. The third-order valence-corrected chi connectivity index (χ3v) is 6.82. The number of hydrogen-bond acceptors (Lipinski definition) is 1. The molecule has 1 nitrogen and oxygen atoms in total. The van der Waals surface area contributed by atoms with E-state index in [0.29, 0.717) is 23.8 Å². The van der Waals surface area contributed by atoms with Crippen LogP contribution in [0.5, 0.6) is 5.75 Å².